The summed E-state index contributed by atoms with van der Waals surface area (Å²) < 4.78 is 10.2. The minimum Gasteiger partial charge on any atom is -0.466 e. The predicted molar refractivity (Wildman–Crippen MR) is 140 cm³/mol. The minimum atomic E-state index is -1.31. The van der Waals surface area contributed by atoms with Gasteiger partial charge < -0.3 is 30.1 Å². The first kappa shape index (κ1) is 31.9. The monoisotopic (exact) mass is 521 g/mol. The van der Waals surface area contributed by atoms with Crippen molar-refractivity contribution in [3.05, 3.63) is 34.9 Å². The Balaban J connectivity index is 3.36. The van der Waals surface area contributed by atoms with E-state index < -0.39 is 48.2 Å². The number of unbranched alkanes of at least 4 members (excludes halogenated alkanes) is 1. The molecule has 0 radical (unpaired) electrons. The number of aryl methyl sites for hydroxylation is 2. The van der Waals surface area contributed by atoms with Crippen LogP contribution in [-0.4, -0.2) is 71.8 Å². The van der Waals surface area contributed by atoms with Crippen LogP contribution >= 0.6 is 0 Å². The Bertz CT molecular complexity index is 927. The first-order valence-corrected chi connectivity index (χ1v) is 12.8. The molecule has 0 spiro atoms. The number of amides is 3. The van der Waals surface area contributed by atoms with E-state index in [1.165, 1.54) is 4.90 Å². The maximum atomic E-state index is 13.7. The van der Waals surface area contributed by atoms with E-state index >= 15 is 0 Å². The lowest BCUT2D eigenvalue weighted by Crippen LogP contribution is -2.54. The first-order valence-electron chi connectivity index (χ1n) is 12.8. The lowest BCUT2D eigenvalue weighted by Gasteiger charge is -2.34. The Kier molecular flexibility index (Phi) is 13.1. The van der Waals surface area contributed by atoms with E-state index in [1.807, 2.05) is 32.9 Å². The Morgan fingerprint density at radius 1 is 1.11 bits per heavy atom. The van der Waals surface area contributed by atoms with E-state index in [0.29, 0.717) is 12.0 Å². The maximum absolute atomic E-state index is 13.7. The second-order valence-electron chi connectivity index (χ2n) is 9.88. The number of nitrogens with one attached hydrogen (secondary N) is 2. The van der Waals surface area contributed by atoms with Crippen molar-refractivity contribution in [3.63, 3.8) is 0 Å². The molecule has 2 unspecified atom stereocenters. The number of carbonyl (C=O) groups is 4. The van der Waals surface area contributed by atoms with E-state index in [4.69, 9.17) is 9.47 Å². The fourth-order valence-corrected chi connectivity index (χ4v) is 3.73. The lowest BCUT2D eigenvalue weighted by atomic mass is 9.96. The van der Waals surface area contributed by atoms with Gasteiger partial charge in [0.05, 0.1) is 19.6 Å². The largest absolute Gasteiger partial charge is 0.466 e. The summed E-state index contributed by atoms with van der Waals surface area (Å²) in [5, 5.41) is 15.2. The van der Waals surface area contributed by atoms with Gasteiger partial charge in [-0.1, -0.05) is 37.1 Å². The van der Waals surface area contributed by atoms with E-state index in [-0.39, 0.29) is 26.1 Å². The zero-order chi connectivity index (χ0) is 28.2. The van der Waals surface area contributed by atoms with Crippen LogP contribution in [0.1, 0.15) is 76.6 Å². The SMILES string of the molecule is CCCCN(C(=O)C(CO)NC(=O)OC(C)(C)C)C(C(=O)NCCC(=O)OCC)c1ccc(C)cc1C. The molecule has 0 heterocycles. The molecule has 208 valence electrons. The number of hydrogen-bond donors (Lipinski definition) is 3. The number of rotatable bonds is 13. The molecular weight excluding hydrogens is 478 g/mol. The topological polar surface area (TPSA) is 134 Å². The fourth-order valence-electron chi connectivity index (χ4n) is 3.73. The molecule has 1 rings (SSSR count). The summed E-state index contributed by atoms with van der Waals surface area (Å²) in [7, 11) is 0. The third kappa shape index (κ3) is 10.8. The van der Waals surface area contributed by atoms with Crippen LogP contribution < -0.4 is 10.6 Å². The van der Waals surface area contributed by atoms with Gasteiger partial charge in [0.1, 0.15) is 17.7 Å². The fraction of sp³-hybridized carbons (Fsp3) is 0.630. The molecular formula is C27H43N3O7. The number of hydrogen-bond acceptors (Lipinski definition) is 7. The molecule has 10 nitrogen and oxygen atoms in total. The van der Waals surface area contributed by atoms with E-state index in [1.54, 1.807) is 33.8 Å². The van der Waals surface area contributed by atoms with Crippen molar-refractivity contribution in [1.29, 1.82) is 0 Å². The van der Waals surface area contributed by atoms with Crippen molar-refractivity contribution < 1.29 is 33.8 Å². The van der Waals surface area contributed by atoms with Crippen LogP contribution in [0.25, 0.3) is 0 Å². The van der Waals surface area contributed by atoms with Gasteiger partial charge in [0.25, 0.3) is 0 Å². The zero-order valence-corrected chi connectivity index (χ0v) is 23.2. The first-order chi connectivity index (χ1) is 17.3. The van der Waals surface area contributed by atoms with Gasteiger partial charge in [-0.25, -0.2) is 4.79 Å². The van der Waals surface area contributed by atoms with Crippen LogP contribution in [0.5, 0.6) is 0 Å². The van der Waals surface area contributed by atoms with Crippen LogP contribution in [-0.2, 0) is 23.9 Å². The molecule has 0 bridgehead atoms. The summed E-state index contributed by atoms with van der Waals surface area (Å²) in [4.78, 5) is 52.7. The molecule has 37 heavy (non-hydrogen) atoms. The van der Waals surface area contributed by atoms with E-state index in [0.717, 1.165) is 17.5 Å². The molecule has 0 aliphatic carbocycles. The summed E-state index contributed by atoms with van der Waals surface area (Å²) >= 11 is 0. The molecule has 0 aliphatic heterocycles. The molecule has 1 aromatic carbocycles. The van der Waals surface area contributed by atoms with Gasteiger partial charge in [-0.15, -0.1) is 0 Å². The molecule has 0 saturated carbocycles. The average Bonchev–Trinajstić information content (AvgIpc) is 2.79. The maximum Gasteiger partial charge on any atom is 0.408 e. The van der Waals surface area contributed by atoms with Gasteiger partial charge in [-0.05, 0) is 59.1 Å². The van der Waals surface area contributed by atoms with Crippen molar-refractivity contribution in [2.45, 2.75) is 85.4 Å². The highest BCUT2D eigenvalue weighted by Crippen LogP contribution is 2.27. The van der Waals surface area contributed by atoms with Crippen LogP contribution in [0.15, 0.2) is 18.2 Å². The quantitative estimate of drug-likeness (QED) is 0.340. The van der Waals surface area contributed by atoms with Gasteiger partial charge in [0, 0.05) is 13.1 Å². The summed E-state index contributed by atoms with van der Waals surface area (Å²) in [6.45, 7) is 12.3. The number of aliphatic hydroxyl groups excluding tert-OH is 1. The number of carbonyl (C=O) groups excluding carboxylic acids is 4. The summed E-state index contributed by atoms with van der Waals surface area (Å²) in [5.74, 6) is -1.53. The summed E-state index contributed by atoms with van der Waals surface area (Å²) in [6.07, 6.45) is 0.476. The average molecular weight is 522 g/mol. The zero-order valence-electron chi connectivity index (χ0n) is 23.2. The Morgan fingerprint density at radius 2 is 1.78 bits per heavy atom. The highest BCUT2D eigenvalue weighted by atomic mass is 16.6. The smallest absolute Gasteiger partial charge is 0.408 e. The highest BCUT2D eigenvalue weighted by molar-refractivity contribution is 5.92. The second-order valence-corrected chi connectivity index (χ2v) is 9.88. The van der Waals surface area contributed by atoms with Crippen molar-refractivity contribution in [2.75, 3.05) is 26.3 Å². The van der Waals surface area contributed by atoms with Gasteiger partial charge in [-0.2, -0.15) is 0 Å². The molecule has 3 N–H and O–H groups in total. The van der Waals surface area contributed by atoms with E-state index in [2.05, 4.69) is 10.6 Å². The Morgan fingerprint density at radius 3 is 2.32 bits per heavy atom. The van der Waals surface area contributed by atoms with Crippen LogP contribution in [0.4, 0.5) is 4.79 Å². The number of benzene rings is 1. The Labute approximate surface area is 220 Å². The number of ether oxygens (including phenoxy) is 2. The van der Waals surface area contributed by atoms with Crippen LogP contribution in [0.2, 0.25) is 0 Å². The lowest BCUT2D eigenvalue weighted by molar-refractivity contribution is -0.144. The molecule has 0 aromatic heterocycles. The highest BCUT2D eigenvalue weighted by Gasteiger charge is 2.36. The van der Waals surface area contributed by atoms with Gasteiger partial charge in [0.15, 0.2) is 0 Å². The van der Waals surface area contributed by atoms with Crippen LogP contribution in [0.3, 0.4) is 0 Å². The standard InChI is InChI=1S/C27H43N3O7/c1-8-10-15-30(25(34)21(17-31)29-26(35)37-27(5,6)7)23(20-12-11-18(3)16-19(20)4)24(33)28-14-13-22(32)36-9-2/h11-12,16,21,23,31H,8-10,13-15,17H2,1-7H3,(H,28,33)(H,29,35). The number of aliphatic hydroxyl groups is 1. The predicted octanol–water partition coefficient (Wildman–Crippen LogP) is 2.93. The number of alkyl carbamates (subject to hydrolysis) is 1. The summed E-state index contributed by atoms with van der Waals surface area (Å²) in [5.41, 5.74) is 1.61. The molecule has 0 aliphatic rings. The Hall–Kier alpha value is -3.14. The van der Waals surface area contributed by atoms with Gasteiger partial charge in [-0.3, -0.25) is 14.4 Å². The van der Waals surface area contributed by atoms with Crippen molar-refractivity contribution in [3.8, 4) is 0 Å². The van der Waals surface area contributed by atoms with Crippen molar-refractivity contribution >= 4 is 23.9 Å². The van der Waals surface area contributed by atoms with E-state index in [9.17, 15) is 24.3 Å². The van der Waals surface area contributed by atoms with Crippen LogP contribution in [0, 0.1) is 13.8 Å². The van der Waals surface area contributed by atoms with Crippen molar-refractivity contribution in [1.82, 2.24) is 15.5 Å². The number of esters is 1. The van der Waals surface area contributed by atoms with Gasteiger partial charge >= 0.3 is 12.1 Å². The second kappa shape index (κ2) is 15.2. The molecule has 0 fully saturated rings. The molecule has 0 saturated heterocycles. The van der Waals surface area contributed by atoms with Gasteiger partial charge in [0.2, 0.25) is 11.8 Å². The normalized spacial score (nSPS) is 12.8. The minimum absolute atomic E-state index is 0.0124. The third-order valence-corrected chi connectivity index (χ3v) is 5.42. The van der Waals surface area contributed by atoms with Crippen molar-refractivity contribution in [2.24, 2.45) is 0 Å². The number of nitrogens with zero attached hydrogens (tertiary/aromatic N) is 1. The molecule has 10 heteroatoms. The molecule has 3 amide bonds. The summed E-state index contributed by atoms with van der Waals surface area (Å²) in [6, 6.07) is 3.20. The molecule has 1 aromatic rings. The third-order valence-electron chi connectivity index (χ3n) is 5.42. The molecule has 2 atom stereocenters.